The van der Waals surface area contributed by atoms with Crippen molar-refractivity contribution in [1.29, 1.82) is 0 Å². The van der Waals surface area contributed by atoms with E-state index in [0.717, 1.165) is 38.1 Å². The Balaban J connectivity index is 1.59. The van der Waals surface area contributed by atoms with Gasteiger partial charge in [0.25, 0.3) is 5.91 Å². The molecule has 4 nitrogen and oxygen atoms in total. The molecule has 0 N–H and O–H groups in total. The van der Waals surface area contributed by atoms with Crippen LogP contribution in [0.3, 0.4) is 0 Å². The quantitative estimate of drug-likeness (QED) is 0.859. The molecule has 3 rings (SSSR count). The predicted molar refractivity (Wildman–Crippen MR) is 91.9 cm³/mol. The van der Waals surface area contributed by atoms with Gasteiger partial charge in [-0.1, -0.05) is 31.9 Å². The standard InChI is InChI=1S/C19H28N2O2/c1-15-6-5-7-16(14-15)20-10-12-21(13-11-20)19(22)17-8-3-4-9-18(17)23-2/h3-4,8-9,15-16H,5-7,10-14H2,1-2H3/t15-,16-/m1/s1. The van der Waals surface area contributed by atoms with Crippen LogP contribution >= 0.6 is 0 Å². The summed E-state index contributed by atoms with van der Waals surface area (Å²) in [4.78, 5) is 17.3. The fourth-order valence-electron chi connectivity index (χ4n) is 4.02. The second-order valence-electron chi connectivity index (χ2n) is 6.95. The number of benzene rings is 1. The van der Waals surface area contributed by atoms with Crippen LogP contribution < -0.4 is 4.74 Å². The molecule has 4 heteroatoms. The zero-order valence-corrected chi connectivity index (χ0v) is 14.3. The highest BCUT2D eigenvalue weighted by Crippen LogP contribution is 2.28. The van der Waals surface area contributed by atoms with Crippen molar-refractivity contribution in [3.05, 3.63) is 29.8 Å². The van der Waals surface area contributed by atoms with Crippen molar-refractivity contribution in [2.24, 2.45) is 5.92 Å². The maximum atomic E-state index is 12.7. The topological polar surface area (TPSA) is 32.8 Å². The molecule has 126 valence electrons. The summed E-state index contributed by atoms with van der Waals surface area (Å²) in [6.07, 6.45) is 5.38. The molecule has 1 aliphatic heterocycles. The third-order valence-corrected chi connectivity index (χ3v) is 5.36. The number of para-hydroxylation sites is 1. The molecule has 0 bridgehead atoms. The smallest absolute Gasteiger partial charge is 0.257 e. The lowest BCUT2D eigenvalue weighted by Gasteiger charge is -2.42. The highest BCUT2D eigenvalue weighted by molar-refractivity contribution is 5.97. The second kappa shape index (κ2) is 7.35. The van der Waals surface area contributed by atoms with Crippen LogP contribution in [0.4, 0.5) is 0 Å². The maximum absolute atomic E-state index is 12.7. The molecule has 2 aliphatic rings. The van der Waals surface area contributed by atoms with Gasteiger partial charge in [0.2, 0.25) is 0 Å². The molecule has 1 aromatic rings. The summed E-state index contributed by atoms with van der Waals surface area (Å²) in [6, 6.07) is 8.23. The molecule has 1 amide bonds. The van der Waals surface area contributed by atoms with Crippen molar-refractivity contribution in [2.75, 3.05) is 33.3 Å². The normalized spacial score (nSPS) is 26.1. The summed E-state index contributed by atoms with van der Waals surface area (Å²) >= 11 is 0. The molecule has 0 spiro atoms. The van der Waals surface area contributed by atoms with Crippen LogP contribution in [0.15, 0.2) is 24.3 Å². The Morgan fingerprint density at radius 3 is 2.57 bits per heavy atom. The highest BCUT2D eigenvalue weighted by atomic mass is 16.5. The van der Waals surface area contributed by atoms with Gasteiger partial charge in [-0.25, -0.2) is 0 Å². The van der Waals surface area contributed by atoms with E-state index >= 15 is 0 Å². The van der Waals surface area contributed by atoms with Crippen molar-refractivity contribution in [3.8, 4) is 5.75 Å². The van der Waals surface area contributed by atoms with E-state index in [9.17, 15) is 4.79 Å². The van der Waals surface area contributed by atoms with Crippen LogP contribution in [0, 0.1) is 5.92 Å². The highest BCUT2D eigenvalue weighted by Gasteiger charge is 2.29. The van der Waals surface area contributed by atoms with Gasteiger partial charge in [0.15, 0.2) is 0 Å². The molecule has 1 saturated heterocycles. The first kappa shape index (κ1) is 16.3. The van der Waals surface area contributed by atoms with Gasteiger partial charge >= 0.3 is 0 Å². The molecule has 23 heavy (non-hydrogen) atoms. The molecule has 2 atom stereocenters. The monoisotopic (exact) mass is 316 g/mol. The maximum Gasteiger partial charge on any atom is 0.257 e. The van der Waals surface area contributed by atoms with Crippen LogP contribution in [0.1, 0.15) is 43.0 Å². The minimum Gasteiger partial charge on any atom is -0.496 e. The number of methoxy groups -OCH3 is 1. The number of hydrogen-bond acceptors (Lipinski definition) is 3. The Morgan fingerprint density at radius 2 is 1.87 bits per heavy atom. The van der Waals surface area contributed by atoms with Crippen LogP contribution in [-0.2, 0) is 0 Å². The number of piperazine rings is 1. The number of carbonyl (C=O) groups is 1. The van der Waals surface area contributed by atoms with Crippen LogP contribution in [0.2, 0.25) is 0 Å². The Hall–Kier alpha value is -1.55. The molecule has 2 fully saturated rings. The Labute approximate surface area is 139 Å². The van der Waals surface area contributed by atoms with Gasteiger partial charge in [-0.15, -0.1) is 0 Å². The average molecular weight is 316 g/mol. The molecule has 1 heterocycles. The number of hydrogen-bond donors (Lipinski definition) is 0. The molecule has 1 aromatic carbocycles. The first-order valence-corrected chi connectivity index (χ1v) is 8.85. The summed E-state index contributed by atoms with van der Waals surface area (Å²) in [6.45, 7) is 6.01. The Bertz CT molecular complexity index is 538. The molecule has 0 unspecified atom stereocenters. The SMILES string of the molecule is COc1ccccc1C(=O)N1CCN([C@@H]2CCC[C@@H](C)C2)CC1. The van der Waals surface area contributed by atoms with Crippen LogP contribution in [0.5, 0.6) is 5.75 Å². The third kappa shape index (κ3) is 3.69. The molecular formula is C19H28N2O2. The molecule has 0 aromatic heterocycles. The lowest BCUT2D eigenvalue weighted by atomic mass is 9.86. The second-order valence-corrected chi connectivity index (χ2v) is 6.95. The Kier molecular flexibility index (Phi) is 5.21. The number of nitrogens with zero attached hydrogens (tertiary/aromatic N) is 2. The van der Waals surface area contributed by atoms with Crippen molar-refractivity contribution >= 4 is 5.91 Å². The van der Waals surface area contributed by atoms with Gasteiger partial charge in [0.1, 0.15) is 5.75 Å². The predicted octanol–water partition coefficient (Wildman–Crippen LogP) is 3.03. The lowest BCUT2D eigenvalue weighted by Crippen LogP contribution is -2.52. The molecule has 1 aliphatic carbocycles. The minimum absolute atomic E-state index is 0.0964. The third-order valence-electron chi connectivity index (χ3n) is 5.36. The zero-order chi connectivity index (χ0) is 16.2. The van der Waals surface area contributed by atoms with Gasteiger partial charge in [0.05, 0.1) is 12.7 Å². The zero-order valence-electron chi connectivity index (χ0n) is 14.3. The first-order valence-electron chi connectivity index (χ1n) is 8.85. The van der Waals surface area contributed by atoms with Gasteiger partial charge in [-0.05, 0) is 30.9 Å². The van der Waals surface area contributed by atoms with E-state index in [0.29, 0.717) is 11.3 Å². The van der Waals surface area contributed by atoms with Gasteiger partial charge in [-0.3, -0.25) is 9.69 Å². The summed E-state index contributed by atoms with van der Waals surface area (Å²) in [5.74, 6) is 1.61. The number of ether oxygens (including phenoxy) is 1. The van der Waals surface area contributed by atoms with Gasteiger partial charge in [0, 0.05) is 32.2 Å². The Morgan fingerprint density at radius 1 is 1.13 bits per heavy atom. The van der Waals surface area contributed by atoms with E-state index in [1.165, 1.54) is 25.7 Å². The van der Waals surface area contributed by atoms with Crippen molar-refractivity contribution in [1.82, 2.24) is 9.80 Å². The van der Waals surface area contributed by atoms with E-state index in [2.05, 4.69) is 11.8 Å². The van der Waals surface area contributed by atoms with Gasteiger partial charge in [-0.2, -0.15) is 0 Å². The number of amides is 1. The van der Waals surface area contributed by atoms with Crippen LogP contribution in [0.25, 0.3) is 0 Å². The molecule has 0 radical (unpaired) electrons. The van der Waals surface area contributed by atoms with E-state index in [-0.39, 0.29) is 5.91 Å². The lowest BCUT2D eigenvalue weighted by molar-refractivity contribution is 0.0486. The summed E-state index contributed by atoms with van der Waals surface area (Å²) in [5, 5.41) is 0. The van der Waals surface area contributed by atoms with E-state index in [1.54, 1.807) is 7.11 Å². The molecule has 1 saturated carbocycles. The van der Waals surface area contributed by atoms with Gasteiger partial charge < -0.3 is 9.64 Å². The van der Waals surface area contributed by atoms with Crippen molar-refractivity contribution in [2.45, 2.75) is 38.6 Å². The van der Waals surface area contributed by atoms with E-state index in [4.69, 9.17) is 4.74 Å². The van der Waals surface area contributed by atoms with E-state index < -0.39 is 0 Å². The molecular weight excluding hydrogens is 288 g/mol. The van der Waals surface area contributed by atoms with E-state index in [1.807, 2.05) is 29.2 Å². The summed E-state index contributed by atoms with van der Waals surface area (Å²) in [5.41, 5.74) is 0.676. The largest absolute Gasteiger partial charge is 0.496 e. The number of rotatable bonds is 3. The fraction of sp³-hybridized carbons (Fsp3) is 0.632. The summed E-state index contributed by atoms with van der Waals surface area (Å²) < 4.78 is 5.33. The first-order chi connectivity index (χ1) is 11.2. The average Bonchev–Trinajstić information content (AvgIpc) is 2.61. The van der Waals surface area contributed by atoms with Crippen molar-refractivity contribution in [3.63, 3.8) is 0 Å². The van der Waals surface area contributed by atoms with Crippen LogP contribution in [-0.4, -0.2) is 55.0 Å². The minimum atomic E-state index is 0.0964. The van der Waals surface area contributed by atoms with Crippen molar-refractivity contribution < 1.29 is 9.53 Å². The summed E-state index contributed by atoms with van der Waals surface area (Å²) in [7, 11) is 1.62. The fourth-order valence-corrected chi connectivity index (χ4v) is 4.02. The number of carbonyl (C=O) groups excluding carboxylic acids is 1.